The largest absolute Gasteiger partial charge is 0.335 e. The molecule has 1 aliphatic heterocycles. The van der Waals surface area contributed by atoms with Crippen molar-refractivity contribution >= 4 is 5.91 Å². The number of terminal acetylenes is 1. The summed E-state index contributed by atoms with van der Waals surface area (Å²) in [5.41, 5.74) is 3.70. The van der Waals surface area contributed by atoms with E-state index in [9.17, 15) is 4.79 Å². The van der Waals surface area contributed by atoms with E-state index in [1.165, 1.54) is 16.7 Å². The molecule has 1 aromatic carbocycles. The summed E-state index contributed by atoms with van der Waals surface area (Å²) >= 11 is 0. The minimum absolute atomic E-state index is 0.0747. The average molecular weight is 241 g/mol. The maximum Gasteiger partial charge on any atom is 0.224 e. The standard InChI is InChI=1S/C16H19NO/c1-5-14-9-16(18)17(10-14)13(4)15-7-6-11(2)8-12(15)3/h1,6-8,13-14H,9-10H2,2-4H3. The zero-order valence-electron chi connectivity index (χ0n) is 11.2. The van der Waals surface area contributed by atoms with E-state index in [4.69, 9.17) is 6.42 Å². The number of rotatable bonds is 2. The van der Waals surface area contributed by atoms with Gasteiger partial charge in [-0.05, 0) is 31.9 Å². The molecule has 0 N–H and O–H groups in total. The Balaban J connectivity index is 2.24. The first-order valence-electron chi connectivity index (χ1n) is 6.35. The zero-order valence-corrected chi connectivity index (χ0v) is 11.2. The number of amides is 1. The Morgan fingerprint density at radius 2 is 2.17 bits per heavy atom. The Morgan fingerprint density at radius 1 is 1.44 bits per heavy atom. The molecule has 2 nitrogen and oxygen atoms in total. The first kappa shape index (κ1) is 12.7. The molecule has 2 unspecified atom stereocenters. The van der Waals surface area contributed by atoms with Gasteiger partial charge in [0.15, 0.2) is 0 Å². The molecule has 0 aliphatic carbocycles. The zero-order chi connectivity index (χ0) is 13.3. The van der Waals surface area contributed by atoms with E-state index in [0.717, 1.165) is 0 Å². The summed E-state index contributed by atoms with van der Waals surface area (Å²) in [6, 6.07) is 6.48. The summed E-state index contributed by atoms with van der Waals surface area (Å²) in [4.78, 5) is 13.9. The van der Waals surface area contributed by atoms with Crippen LogP contribution in [0.1, 0.15) is 36.1 Å². The van der Waals surface area contributed by atoms with Crippen LogP contribution in [-0.2, 0) is 4.79 Å². The third kappa shape index (κ3) is 2.26. The van der Waals surface area contributed by atoms with E-state index in [0.29, 0.717) is 13.0 Å². The number of nitrogens with zero attached hydrogens (tertiary/aromatic N) is 1. The van der Waals surface area contributed by atoms with Gasteiger partial charge in [-0.25, -0.2) is 0 Å². The van der Waals surface area contributed by atoms with Gasteiger partial charge in [-0.15, -0.1) is 12.3 Å². The Morgan fingerprint density at radius 3 is 2.72 bits per heavy atom. The highest BCUT2D eigenvalue weighted by Crippen LogP contribution is 2.30. The molecule has 1 fully saturated rings. The number of carbonyl (C=O) groups excluding carboxylic acids is 1. The van der Waals surface area contributed by atoms with Gasteiger partial charge in [0.1, 0.15) is 0 Å². The molecule has 0 bridgehead atoms. The predicted octanol–water partition coefficient (Wildman–Crippen LogP) is 2.85. The van der Waals surface area contributed by atoms with Crippen LogP contribution in [0.15, 0.2) is 18.2 Å². The van der Waals surface area contributed by atoms with Gasteiger partial charge in [0.05, 0.1) is 6.04 Å². The highest BCUT2D eigenvalue weighted by molar-refractivity contribution is 5.79. The van der Waals surface area contributed by atoms with Crippen LogP contribution in [0.4, 0.5) is 0 Å². The quantitative estimate of drug-likeness (QED) is 0.729. The van der Waals surface area contributed by atoms with Gasteiger partial charge in [0.2, 0.25) is 5.91 Å². The van der Waals surface area contributed by atoms with Crippen molar-refractivity contribution < 1.29 is 4.79 Å². The third-order valence-corrected chi connectivity index (χ3v) is 3.74. The molecule has 94 valence electrons. The SMILES string of the molecule is C#CC1CC(=O)N(C(C)c2ccc(C)cc2C)C1. The number of likely N-dealkylation sites (tertiary alicyclic amines) is 1. The van der Waals surface area contributed by atoms with Crippen LogP contribution < -0.4 is 0 Å². The maximum absolute atomic E-state index is 12.0. The summed E-state index contributed by atoms with van der Waals surface area (Å²) in [6.07, 6.45) is 5.91. The fourth-order valence-electron chi connectivity index (χ4n) is 2.68. The van der Waals surface area contributed by atoms with Crippen LogP contribution in [0.25, 0.3) is 0 Å². The summed E-state index contributed by atoms with van der Waals surface area (Å²) in [7, 11) is 0. The van der Waals surface area contributed by atoms with Crippen molar-refractivity contribution in [2.24, 2.45) is 5.92 Å². The summed E-state index contributed by atoms with van der Waals surface area (Å²) in [5.74, 6) is 2.94. The molecule has 1 aromatic rings. The average Bonchev–Trinajstić information content (AvgIpc) is 2.70. The van der Waals surface area contributed by atoms with Gasteiger partial charge >= 0.3 is 0 Å². The molecule has 2 atom stereocenters. The summed E-state index contributed by atoms with van der Waals surface area (Å²) < 4.78 is 0. The van der Waals surface area contributed by atoms with Crippen molar-refractivity contribution in [1.29, 1.82) is 0 Å². The number of carbonyl (C=O) groups is 1. The molecule has 2 heteroatoms. The molecule has 0 saturated carbocycles. The molecule has 1 heterocycles. The molecule has 18 heavy (non-hydrogen) atoms. The van der Waals surface area contributed by atoms with Crippen LogP contribution in [0.5, 0.6) is 0 Å². The van der Waals surface area contributed by atoms with Crippen molar-refractivity contribution in [3.05, 3.63) is 34.9 Å². The second-order valence-electron chi connectivity index (χ2n) is 5.15. The number of aryl methyl sites for hydroxylation is 2. The van der Waals surface area contributed by atoms with Gasteiger partial charge in [-0.2, -0.15) is 0 Å². The van der Waals surface area contributed by atoms with E-state index in [1.54, 1.807) is 0 Å². The summed E-state index contributed by atoms with van der Waals surface area (Å²) in [5, 5.41) is 0. The van der Waals surface area contributed by atoms with Crippen molar-refractivity contribution in [3.63, 3.8) is 0 Å². The molecule has 0 radical (unpaired) electrons. The van der Waals surface area contributed by atoms with Crippen LogP contribution in [0.2, 0.25) is 0 Å². The van der Waals surface area contributed by atoms with E-state index in [1.807, 2.05) is 4.90 Å². The molecule has 2 rings (SSSR count). The van der Waals surface area contributed by atoms with E-state index in [2.05, 4.69) is 44.9 Å². The lowest BCUT2D eigenvalue weighted by atomic mass is 9.99. The molecular formula is C16H19NO. The minimum Gasteiger partial charge on any atom is -0.335 e. The van der Waals surface area contributed by atoms with Crippen LogP contribution in [0.3, 0.4) is 0 Å². The van der Waals surface area contributed by atoms with Crippen molar-refractivity contribution in [2.45, 2.75) is 33.2 Å². The lowest BCUT2D eigenvalue weighted by molar-refractivity contribution is -0.129. The van der Waals surface area contributed by atoms with Gasteiger partial charge in [-0.3, -0.25) is 4.79 Å². The maximum atomic E-state index is 12.0. The lowest BCUT2D eigenvalue weighted by Gasteiger charge is -2.26. The van der Waals surface area contributed by atoms with Crippen molar-refractivity contribution in [1.82, 2.24) is 4.90 Å². The molecule has 1 amide bonds. The fraction of sp³-hybridized carbons (Fsp3) is 0.438. The van der Waals surface area contributed by atoms with E-state index in [-0.39, 0.29) is 17.9 Å². The van der Waals surface area contributed by atoms with Crippen LogP contribution in [-0.4, -0.2) is 17.4 Å². The first-order chi connectivity index (χ1) is 8.52. The highest BCUT2D eigenvalue weighted by Gasteiger charge is 2.32. The second-order valence-corrected chi connectivity index (χ2v) is 5.15. The molecule has 0 spiro atoms. The Kier molecular flexibility index (Phi) is 3.43. The van der Waals surface area contributed by atoms with Crippen molar-refractivity contribution in [2.75, 3.05) is 6.54 Å². The topological polar surface area (TPSA) is 20.3 Å². The monoisotopic (exact) mass is 241 g/mol. The molecular weight excluding hydrogens is 222 g/mol. The first-order valence-corrected chi connectivity index (χ1v) is 6.35. The van der Waals surface area contributed by atoms with Gasteiger partial charge < -0.3 is 4.90 Å². The van der Waals surface area contributed by atoms with Crippen LogP contribution in [0, 0.1) is 32.1 Å². The van der Waals surface area contributed by atoms with E-state index >= 15 is 0 Å². The second kappa shape index (κ2) is 4.86. The van der Waals surface area contributed by atoms with Crippen LogP contribution >= 0.6 is 0 Å². The normalized spacial score (nSPS) is 20.9. The van der Waals surface area contributed by atoms with E-state index < -0.39 is 0 Å². The Labute approximate surface area is 109 Å². The fourth-order valence-corrected chi connectivity index (χ4v) is 2.68. The third-order valence-electron chi connectivity index (χ3n) is 3.74. The predicted molar refractivity (Wildman–Crippen MR) is 73.0 cm³/mol. The Bertz CT molecular complexity index is 512. The van der Waals surface area contributed by atoms with Gasteiger partial charge in [-0.1, -0.05) is 23.8 Å². The smallest absolute Gasteiger partial charge is 0.224 e. The number of hydrogen-bond acceptors (Lipinski definition) is 1. The molecule has 0 aromatic heterocycles. The Hall–Kier alpha value is -1.75. The molecule has 1 aliphatic rings. The van der Waals surface area contributed by atoms with Gasteiger partial charge in [0, 0.05) is 18.9 Å². The highest BCUT2D eigenvalue weighted by atomic mass is 16.2. The summed E-state index contributed by atoms with van der Waals surface area (Å²) in [6.45, 7) is 6.94. The van der Waals surface area contributed by atoms with Gasteiger partial charge in [0.25, 0.3) is 0 Å². The molecule has 1 saturated heterocycles. The number of hydrogen-bond donors (Lipinski definition) is 0. The van der Waals surface area contributed by atoms with Crippen molar-refractivity contribution in [3.8, 4) is 12.3 Å². The minimum atomic E-state index is 0.0747. The number of benzene rings is 1. The lowest BCUT2D eigenvalue weighted by Crippen LogP contribution is -2.28.